The van der Waals surface area contributed by atoms with Gasteiger partial charge < -0.3 is 10.4 Å². The molecule has 1 aliphatic rings. The number of nitrogens with zero attached hydrogens (tertiary/aromatic N) is 3. The first-order chi connectivity index (χ1) is 9.24. The number of rotatable bonds is 3. The number of aromatic carboxylic acids is 1. The van der Waals surface area contributed by atoms with E-state index in [1.54, 1.807) is 22.8 Å². The van der Waals surface area contributed by atoms with Crippen LogP contribution in [0.15, 0.2) is 18.3 Å². The number of carbonyl (C=O) groups is 1. The van der Waals surface area contributed by atoms with Crippen molar-refractivity contribution < 1.29 is 9.90 Å². The first-order valence-electron chi connectivity index (χ1n) is 6.52. The van der Waals surface area contributed by atoms with Gasteiger partial charge in [0, 0.05) is 12.6 Å². The number of hydrogen-bond donors (Lipinski definition) is 2. The number of carboxylic acid groups (broad SMARTS) is 1. The lowest BCUT2D eigenvalue weighted by Crippen LogP contribution is -2.31. The zero-order valence-corrected chi connectivity index (χ0v) is 10.5. The minimum absolute atomic E-state index is 0.197. The Morgan fingerprint density at radius 3 is 3.21 bits per heavy atom. The number of pyridine rings is 1. The van der Waals surface area contributed by atoms with Crippen molar-refractivity contribution >= 4 is 11.6 Å². The van der Waals surface area contributed by atoms with Crippen molar-refractivity contribution in [3.05, 3.63) is 29.7 Å². The molecule has 19 heavy (non-hydrogen) atoms. The van der Waals surface area contributed by atoms with Crippen molar-refractivity contribution in [3.8, 4) is 0 Å². The second-order valence-corrected chi connectivity index (χ2v) is 4.94. The Morgan fingerprint density at radius 1 is 1.58 bits per heavy atom. The summed E-state index contributed by atoms with van der Waals surface area (Å²) in [5, 5.41) is 16.8. The Balaban J connectivity index is 1.88. The van der Waals surface area contributed by atoms with E-state index in [-0.39, 0.29) is 5.56 Å². The van der Waals surface area contributed by atoms with Crippen molar-refractivity contribution in [2.45, 2.75) is 19.3 Å². The fraction of sp³-hybridized carbons (Fsp3) is 0.462. The molecule has 1 unspecified atom stereocenters. The molecule has 3 rings (SSSR count). The highest BCUT2D eigenvalue weighted by Gasteiger charge is 2.18. The quantitative estimate of drug-likeness (QED) is 0.859. The van der Waals surface area contributed by atoms with Gasteiger partial charge in [-0.1, -0.05) is 0 Å². The number of nitrogens with one attached hydrogen (secondary N) is 1. The highest BCUT2D eigenvalue weighted by molar-refractivity contribution is 5.94. The van der Waals surface area contributed by atoms with E-state index in [0.29, 0.717) is 11.6 Å². The van der Waals surface area contributed by atoms with Crippen LogP contribution in [-0.2, 0) is 6.42 Å². The number of aromatic nitrogens is 3. The minimum Gasteiger partial charge on any atom is -0.478 e. The lowest BCUT2D eigenvalue weighted by atomic mass is 9.96. The van der Waals surface area contributed by atoms with E-state index in [0.717, 1.165) is 25.3 Å². The number of carboxylic acids is 1. The highest BCUT2D eigenvalue weighted by atomic mass is 16.4. The third kappa shape index (κ3) is 2.44. The van der Waals surface area contributed by atoms with Crippen LogP contribution < -0.4 is 5.32 Å². The predicted molar refractivity (Wildman–Crippen MR) is 69.2 cm³/mol. The molecule has 0 aromatic carbocycles. The van der Waals surface area contributed by atoms with Gasteiger partial charge in [0.1, 0.15) is 5.56 Å². The van der Waals surface area contributed by atoms with Crippen LogP contribution in [0, 0.1) is 5.92 Å². The van der Waals surface area contributed by atoms with E-state index in [1.807, 2.05) is 0 Å². The second kappa shape index (κ2) is 4.97. The summed E-state index contributed by atoms with van der Waals surface area (Å²) in [4.78, 5) is 15.5. The number of piperidine rings is 1. The number of hydrogen-bond acceptors (Lipinski definition) is 4. The molecule has 2 aromatic rings. The monoisotopic (exact) mass is 260 g/mol. The zero-order chi connectivity index (χ0) is 13.2. The van der Waals surface area contributed by atoms with E-state index in [2.05, 4.69) is 15.4 Å². The van der Waals surface area contributed by atoms with Gasteiger partial charge in [-0.05, 0) is 44.0 Å². The molecule has 1 aliphatic heterocycles. The summed E-state index contributed by atoms with van der Waals surface area (Å²) in [5.74, 6) is 0.297. The standard InChI is InChI=1S/C13H16N4O2/c18-13(19)10-4-2-6-17-12(10)15-11(16-17)7-9-3-1-5-14-8-9/h2,4,6,9,14H,1,3,5,7-8H2,(H,18,19). The van der Waals surface area contributed by atoms with Crippen LogP contribution in [0.2, 0.25) is 0 Å². The van der Waals surface area contributed by atoms with Crippen LogP contribution in [0.4, 0.5) is 0 Å². The summed E-state index contributed by atoms with van der Waals surface area (Å²) < 4.78 is 1.55. The molecule has 0 saturated carbocycles. The van der Waals surface area contributed by atoms with E-state index < -0.39 is 5.97 Å². The molecule has 1 fully saturated rings. The van der Waals surface area contributed by atoms with Gasteiger partial charge >= 0.3 is 5.97 Å². The van der Waals surface area contributed by atoms with Gasteiger partial charge in [-0.15, -0.1) is 0 Å². The maximum Gasteiger partial charge on any atom is 0.339 e. The Kier molecular flexibility index (Phi) is 3.16. The largest absolute Gasteiger partial charge is 0.478 e. The molecule has 0 aliphatic carbocycles. The van der Waals surface area contributed by atoms with Gasteiger partial charge in [-0.2, -0.15) is 5.10 Å². The Bertz CT molecular complexity index is 602. The third-order valence-corrected chi connectivity index (χ3v) is 3.51. The van der Waals surface area contributed by atoms with Crippen molar-refractivity contribution in [2.75, 3.05) is 13.1 Å². The average molecular weight is 260 g/mol. The first-order valence-corrected chi connectivity index (χ1v) is 6.52. The Labute approximate surface area is 110 Å². The lowest BCUT2D eigenvalue weighted by Gasteiger charge is -2.21. The van der Waals surface area contributed by atoms with E-state index in [9.17, 15) is 4.79 Å². The summed E-state index contributed by atoms with van der Waals surface area (Å²) in [7, 11) is 0. The first kappa shape index (κ1) is 12.1. The van der Waals surface area contributed by atoms with Crippen LogP contribution >= 0.6 is 0 Å². The van der Waals surface area contributed by atoms with E-state index in [4.69, 9.17) is 5.11 Å². The molecule has 3 heterocycles. The van der Waals surface area contributed by atoms with Gasteiger partial charge in [0.15, 0.2) is 11.5 Å². The van der Waals surface area contributed by atoms with E-state index >= 15 is 0 Å². The summed E-state index contributed by atoms with van der Waals surface area (Å²) in [6.07, 6.45) is 4.89. The molecule has 100 valence electrons. The van der Waals surface area contributed by atoms with Gasteiger partial charge in [0.05, 0.1) is 0 Å². The summed E-state index contributed by atoms with van der Waals surface area (Å²) in [6, 6.07) is 3.23. The van der Waals surface area contributed by atoms with E-state index in [1.165, 1.54) is 12.8 Å². The van der Waals surface area contributed by atoms with Gasteiger partial charge in [-0.3, -0.25) is 0 Å². The van der Waals surface area contributed by atoms with Crippen molar-refractivity contribution in [2.24, 2.45) is 5.92 Å². The molecule has 6 heteroatoms. The van der Waals surface area contributed by atoms with Crippen LogP contribution in [-0.4, -0.2) is 38.8 Å². The molecule has 1 saturated heterocycles. The summed E-state index contributed by atoms with van der Waals surface area (Å²) in [5.41, 5.74) is 0.622. The normalized spacial score (nSPS) is 19.7. The van der Waals surface area contributed by atoms with Crippen molar-refractivity contribution in [3.63, 3.8) is 0 Å². The fourth-order valence-corrected chi connectivity index (χ4v) is 2.56. The number of fused-ring (bicyclic) bond motifs is 1. The molecule has 0 spiro atoms. The fourth-order valence-electron chi connectivity index (χ4n) is 2.56. The molecule has 2 aromatic heterocycles. The van der Waals surface area contributed by atoms with Gasteiger partial charge in [-0.25, -0.2) is 14.3 Å². The summed E-state index contributed by atoms with van der Waals surface area (Å²) >= 11 is 0. The molecule has 0 amide bonds. The van der Waals surface area contributed by atoms with Crippen LogP contribution in [0.5, 0.6) is 0 Å². The SMILES string of the molecule is O=C(O)c1cccn2nc(CC3CCCNC3)nc12. The molecule has 0 radical (unpaired) electrons. The van der Waals surface area contributed by atoms with Crippen LogP contribution in [0.3, 0.4) is 0 Å². The maximum absolute atomic E-state index is 11.1. The Morgan fingerprint density at radius 2 is 2.47 bits per heavy atom. The zero-order valence-electron chi connectivity index (χ0n) is 10.5. The molecule has 1 atom stereocenters. The summed E-state index contributed by atoms with van der Waals surface area (Å²) in [6.45, 7) is 2.07. The predicted octanol–water partition coefficient (Wildman–Crippen LogP) is 0.970. The highest BCUT2D eigenvalue weighted by Crippen LogP contribution is 2.16. The molecular weight excluding hydrogens is 244 g/mol. The molecule has 0 bridgehead atoms. The van der Waals surface area contributed by atoms with Crippen LogP contribution in [0.25, 0.3) is 5.65 Å². The molecule has 2 N–H and O–H groups in total. The third-order valence-electron chi connectivity index (χ3n) is 3.51. The second-order valence-electron chi connectivity index (χ2n) is 4.94. The Hall–Kier alpha value is -1.95. The van der Waals surface area contributed by atoms with Crippen LogP contribution in [0.1, 0.15) is 29.0 Å². The minimum atomic E-state index is -0.969. The average Bonchev–Trinajstić information content (AvgIpc) is 2.81. The van der Waals surface area contributed by atoms with Crippen molar-refractivity contribution in [1.82, 2.24) is 19.9 Å². The topological polar surface area (TPSA) is 79.5 Å². The lowest BCUT2D eigenvalue weighted by molar-refractivity contribution is 0.0698. The maximum atomic E-state index is 11.1. The molecule has 6 nitrogen and oxygen atoms in total. The van der Waals surface area contributed by atoms with Gasteiger partial charge in [0.2, 0.25) is 0 Å². The molecular formula is C13H16N4O2. The van der Waals surface area contributed by atoms with Crippen molar-refractivity contribution in [1.29, 1.82) is 0 Å². The smallest absolute Gasteiger partial charge is 0.339 e. The van der Waals surface area contributed by atoms with Gasteiger partial charge in [0.25, 0.3) is 0 Å².